The van der Waals surface area contributed by atoms with Crippen LogP contribution in [0.25, 0.3) is 11.0 Å². The number of benzene rings is 1. The Balaban J connectivity index is 1.74. The van der Waals surface area contributed by atoms with E-state index < -0.39 is 0 Å². The van der Waals surface area contributed by atoms with Crippen molar-refractivity contribution in [2.24, 2.45) is 12.5 Å². The summed E-state index contributed by atoms with van der Waals surface area (Å²) in [7, 11) is 1.94. The van der Waals surface area contributed by atoms with Crippen LogP contribution in [-0.2, 0) is 7.05 Å². The van der Waals surface area contributed by atoms with Gasteiger partial charge in [-0.2, -0.15) is 0 Å². The lowest BCUT2D eigenvalue weighted by atomic mass is 9.96. The largest absolute Gasteiger partial charge is 0.367 e. The fourth-order valence-electron chi connectivity index (χ4n) is 3.12. The van der Waals surface area contributed by atoms with Gasteiger partial charge in [0.05, 0.1) is 11.2 Å². The van der Waals surface area contributed by atoms with Crippen molar-refractivity contribution in [1.82, 2.24) is 19.9 Å². The molecule has 1 aliphatic rings. The van der Waals surface area contributed by atoms with Crippen LogP contribution in [0.15, 0.2) is 18.2 Å². The molecule has 1 saturated heterocycles. The molecule has 0 amide bonds. The van der Waals surface area contributed by atoms with Crippen LogP contribution in [0, 0.1) is 5.41 Å². The molecule has 0 N–H and O–H groups in total. The topological polar surface area (TPSA) is 37.2 Å². The number of hydrogen-bond acceptors (Lipinski definition) is 4. The molecule has 21 heavy (non-hydrogen) atoms. The maximum absolute atomic E-state index is 4.33. The molecule has 5 nitrogen and oxygen atoms in total. The van der Waals surface area contributed by atoms with Gasteiger partial charge < -0.3 is 4.90 Å². The molecule has 0 aliphatic carbocycles. The van der Waals surface area contributed by atoms with Crippen LogP contribution in [-0.4, -0.2) is 52.6 Å². The fourth-order valence-corrected chi connectivity index (χ4v) is 3.12. The first-order chi connectivity index (χ1) is 9.94. The van der Waals surface area contributed by atoms with Crippen molar-refractivity contribution in [3.8, 4) is 0 Å². The van der Waals surface area contributed by atoms with E-state index in [2.05, 4.69) is 59.1 Å². The third kappa shape index (κ3) is 3.02. The summed E-state index contributed by atoms with van der Waals surface area (Å²) in [6, 6.07) is 6.34. The number of fused-ring (bicyclic) bond motifs is 1. The van der Waals surface area contributed by atoms with Gasteiger partial charge in [-0.05, 0) is 17.5 Å². The Morgan fingerprint density at radius 3 is 2.48 bits per heavy atom. The van der Waals surface area contributed by atoms with Gasteiger partial charge in [-0.15, -0.1) is 5.10 Å². The Bertz CT molecular complexity index is 617. The molecule has 0 saturated carbocycles. The van der Waals surface area contributed by atoms with Crippen molar-refractivity contribution in [3.05, 3.63) is 18.2 Å². The maximum Gasteiger partial charge on any atom is 0.136 e. The molecule has 2 heterocycles. The second kappa shape index (κ2) is 5.30. The molecule has 1 aliphatic heterocycles. The minimum atomic E-state index is 0.368. The van der Waals surface area contributed by atoms with Crippen LogP contribution in [0.3, 0.4) is 0 Å². The molecule has 0 bridgehead atoms. The average Bonchev–Trinajstić information content (AvgIpc) is 2.80. The third-order valence-corrected chi connectivity index (χ3v) is 4.03. The highest BCUT2D eigenvalue weighted by Crippen LogP contribution is 2.26. The number of rotatable bonds is 2. The summed E-state index contributed by atoms with van der Waals surface area (Å²) in [4.78, 5) is 5.00. The van der Waals surface area contributed by atoms with Crippen molar-refractivity contribution in [2.45, 2.75) is 20.8 Å². The standard InChI is InChI=1S/C16H25N5/c1-16(2,3)12-20-8-10-21(11-9-20)14-7-5-6-13-15(14)17-18-19(13)4/h5-7H,8-12H2,1-4H3. The summed E-state index contributed by atoms with van der Waals surface area (Å²) in [6.07, 6.45) is 0. The summed E-state index contributed by atoms with van der Waals surface area (Å²) in [6.45, 7) is 12.4. The molecule has 0 spiro atoms. The molecule has 0 unspecified atom stereocenters. The van der Waals surface area contributed by atoms with Crippen molar-refractivity contribution in [3.63, 3.8) is 0 Å². The second-order valence-corrected chi connectivity index (χ2v) is 7.18. The highest BCUT2D eigenvalue weighted by atomic mass is 15.4. The summed E-state index contributed by atoms with van der Waals surface area (Å²) < 4.78 is 1.84. The Hall–Kier alpha value is -1.62. The van der Waals surface area contributed by atoms with E-state index in [4.69, 9.17) is 0 Å². The monoisotopic (exact) mass is 287 g/mol. The molecule has 0 radical (unpaired) electrons. The van der Waals surface area contributed by atoms with Crippen molar-refractivity contribution >= 4 is 16.7 Å². The van der Waals surface area contributed by atoms with Gasteiger partial charge in [0, 0.05) is 39.8 Å². The van der Waals surface area contributed by atoms with Crippen molar-refractivity contribution < 1.29 is 0 Å². The molecule has 3 rings (SSSR count). The summed E-state index contributed by atoms with van der Waals surface area (Å²) in [5, 5.41) is 8.47. The fraction of sp³-hybridized carbons (Fsp3) is 0.625. The quantitative estimate of drug-likeness (QED) is 0.848. The highest BCUT2D eigenvalue weighted by Gasteiger charge is 2.23. The highest BCUT2D eigenvalue weighted by molar-refractivity contribution is 5.88. The lowest BCUT2D eigenvalue weighted by Crippen LogP contribution is -2.48. The van der Waals surface area contributed by atoms with Crippen LogP contribution >= 0.6 is 0 Å². The van der Waals surface area contributed by atoms with E-state index in [1.54, 1.807) is 0 Å². The van der Waals surface area contributed by atoms with E-state index >= 15 is 0 Å². The lowest BCUT2D eigenvalue weighted by molar-refractivity contribution is 0.182. The Morgan fingerprint density at radius 1 is 1.10 bits per heavy atom. The van der Waals surface area contributed by atoms with Gasteiger partial charge >= 0.3 is 0 Å². The molecule has 1 fully saturated rings. The summed E-state index contributed by atoms with van der Waals surface area (Å²) in [5.74, 6) is 0. The molecular weight excluding hydrogens is 262 g/mol. The van der Waals surface area contributed by atoms with Gasteiger partial charge in [-0.1, -0.05) is 32.1 Å². The Labute approximate surface area is 126 Å². The van der Waals surface area contributed by atoms with E-state index in [1.807, 2.05) is 11.7 Å². The van der Waals surface area contributed by atoms with Gasteiger partial charge in [-0.25, -0.2) is 4.68 Å². The van der Waals surface area contributed by atoms with Gasteiger partial charge in [0.1, 0.15) is 5.52 Å². The predicted octanol–water partition coefficient (Wildman–Crippen LogP) is 2.14. The molecule has 2 aromatic rings. The van der Waals surface area contributed by atoms with Crippen LogP contribution in [0.1, 0.15) is 20.8 Å². The van der Waals surface area contributed by atoms with E-state index in [0.717, 1.165) is 43.8 Å². The van der Waals surface area contributed by atoms with Crippen LogP contribution in [0.4, 0.5) is 5.69 Å². The van der Waals surface area contributed by atoms with E-state index in [0.29, 0.717) is 5.41 Å². The van der Waals surface area contributed by atoms with Crippen LogP contribution in [0.2, 0.25) is 0 Å². The number of piperazine rings is 1. The average molecular weight is 287 g/mol. The Kier molecular flexibility index (Phi) is 3.61. The van der Waals surface area contributed by atoms with E-state index in [1.165, 1.54) is 5.69 Å². The van der Waals surface area contributed by atoms with Gasteiger partial charge in [0.2, 0.25) is 0 Å². The number of nitrogens with zero attached hydrogens (tertiary/aromatic N) is 5. The van der Waals surface area contributed by atoms with E-state index in [9.17, 15) is 0 Å². The SMILES string of the molecule is Cn1nnc2c(N3CCN(CC(C)(C)C)CC3)cccc21. The number of aromatic nitrogens is 3. The maximum atomic E-state index is 4.33. The predicted molar refractivity (Wildman–Crippen MR) is 86.6 cm³/mol. The number of hydrogen-bond donors (Lipinski definition) is 0. The molecule has 0 atom stereocenters. The number of anilines is 1. The minimum Gasteiger partial charge on any atom is -0.367 e. The first kappa shape index (κ1) is 14.3. The van der Waals surface area contributed by atoms with Crippen molar-refractivity contribution in [1.29, 1.82) is 0 Å². The van der Waals surface area contributed by atoms with Crippen LogP contribution < -0.4 is 4.90 Å². The normalized spacial score (nSPS) is 17.6. The van der Waals surface area contributed by atoms with Crippen LogP contribution in [0.5, 0.6) is 0 Å². The Morgan fingerprint density at radius 2 is 1.81 bits per heavy atom. The smallest absolute Gasteiger partial charge is 0.136 e. The third-order valence-electron chi connectivity index (χ3n) is 4.03. The van der Waals surface area contributed by atoms with Gasteiger partial charge in [0.25, 0.3) is 0 Å². The van der Waals surface area contributed by atoms with Crippen molar-refractivity contribution in [2.75, 3.05) is 37.6 Å². The zero-order valence-electron chi connectivity index (χ0n) is 13.5. The number of aryl methyl sites for hydroxylation is 1. The molecule has 1 aromatic carbocycles. The summed E-state index contributed by atoms with van der Waals surface area (Å²) in [5.41, 5.74) is 3.71. The lowest BCUT2D eigenvalue weighted by Gasteiger charge is -2.38. The molecule has 1 aromatic heterocycles. The zero-order valence-corrected chi connectivity index (χ0v) is 13.5. The zero-order chi connectivity index (χ0) is 15.0. The minimum absolute atomic E-state index is 0.368. The van der Waals surface area contributed by atoms with Gasteiger partial charge in [0.15, 0.2) is 0 Å². The molecular formula is C16H25N5. The molecule has 5 heteroatoms. The van der Waals surface area contributed by atoms with E-state index in [-0.39, 0.29) is 0 Å². The first-order valence-electron chi connectivity index (χ1n) is 7.70. The van der Waals surface area contributed by atoms with Gasteiger partial charge in [-0.3, -0.25) is 4.90 Å². The second-order valence-electron chi connectivity index (χ2n) is 7.18. The molecule has 114 valence electrons. The summed E-state index contributed by atoms with van der Waals surface area (Å²) >= 11 is 0. The first-order valence-corrected chi connectivity index (χ1v) is 7.70.